The van der Waals surface area contributed by atoms with Gasteiger partial charge in [0.25, 0.3) is 0 Å². The van der Waals surface area contributed by atoms with Crippen LogP contribution in [0.3, 0.4) is 0 Å². The zero-order valence-corrected chi connectivity index (χ0v) is 30.1. The van der Waals surface area contributed by atoms with Crippen LogP contribution in [0.4, 0.5) is 0 Å². The number of nitrogens with zero attached hydrogens (tertiary/aromatic N) is 3. The first kappa shape index (κ1) is 32.2. The number of aromatic nitrogens is 3. The van der Waals surface area contributed by atoms with Crippen LogP contribution in [0, 0.1) is 0 Å². The average molecular weight is 694 g/mol. The Morgan fingerprint density at radius 1 is 0.315 bits per heavy atom. The Bertz CT molecular complexity index is 2560. The molecule has 8 aromatic rings. The number of hydrogen-bond acceptors (Lipinski definition) is 3. The highest BCUT2D eigenvalue weighted by atomic mass is 15.0. The fourth-order valence-electron chi connectivity index (χ4n) is 8.94. The second-order valence-electron chi connectivity index (χ2n) is 14.7. The van der Waals surface area contributed by atoms with Gasteiger partial charge in [-0.15, -0.1) is 0 Å². The molecule has 1 saturated carbocycles. The van der Waals surface area contributed by atoms with Crippen molar-refractivity contribution in [1.29, 1.82) is 0 Å². The van der Waals surface area contributed by atoms with Crippen LogP contribution >= 0.6 is 0 Å². The molecule has 0 bridgehead atoms. The summed E-state index contributed by atoms with van der Waals surface area (Å²) in [6.07, 6.45) is 6.45. The summed E-state index contributed by atoms with van der Waals surface area (Å²) >= 11 is 0. The lowest BCUT2D eigenvalue weighted by Crippen LogP contribution is -2.27. The molecule has 1 spiro atoms. The maximum atomic E-state index is 4.97. The van der Waals surface area contributed by atoms with Crippen LogP contribution in [-0.2, 0) is 5.41 Å². The van der Waals surface area contributed by atoms with Crippen LogP contribution in [0.1, 0.15) is 43.2 Å². The fourth-order valence-corrected chi connectivity index (χ4v) is 8.94. The van der Waals surface area contributed by atoms with Gasteiger partial charge in [0.1, 0.15) is 0 Å². The minimum atomic E-state index is 0.162. The van der Waals surface area contributed by atoms with E-state index >= 15 is 0 Å². The third-order valence-electron chi connectivity index (χ3n) is 11.5. The Balaban J connectivity index is 0.982. The average Bonchev–Trinajstić information content (AvgIpc) is 3.53. The van der Waals surface area contributed by atoms with E-state index in [1.54, 1.807) is 0 Å². The minimum Gasteiger partial charge on any atom is -0.208 e. The molecule has 0 radical (unpaired) electrons. The van der Waals surface area contributed by atoms with Crippen LogP contribution in [-0.4, -0.2) is 15.0 Å². The van der Waals surface area contributed by atoms with Crippen molar-refractivity contribution in [3.05, 3.63) is 187 Å². The standard InChI is InChI=1S/C51H39N3/c1-4-15-37(16-5-1)48-52-49(38-17-6-2-7-18-38)54-50(53-48)42-22-13-21-41(34-42)40-20-12-19-39(33-40)35-27-29-36(30-28-35)43-24-14-26-46-47(43)44-23-8-9-25-45(44)51(46)31-10-3-11-32-51/h1-2,4-9,12-30,33-34H,3,10-11,31-32H2. The van der Waals surface area contributed by atoms with Gasteiger partial charge in [-0.1, -0.05) is 183 Å². The molecule has 258 valence electrons. The Kier molecular flexibility index (Phi) is 8.06. The summed E-state index contributed by atoms with van der Waals surface area (Å²) < 4.78 is 0. The van der Waals surface area contributed by atoms with Gasteiger partial charge >= 0.3 is 0 Å². The lowest BCUT2D eigenvalue weighted by molar-refractivity contribution is 0.353. The first-order valence-electron chi connectivity index (χ1n) is 19.2. The van der Waals surface area contributed by atoms with Gasteiger partial charge in [-0.25, -0.2) is 15.0 Å². The quantitative estimate of drug-likeness (QED) is 0.174. The van der Waals surface area contributed by atoms with Crippen LogP contribution in [0.25, 0.3) is 78.7 Å². The first-order chi connectivity index (χ1) is 26.7. The van der Waals surface area contributed by atoms with E-state index in [4.69, 9.17) is 15.0 Å². The van der Waals surface area contributed by atoms with Gasteiger partial charge < -0.3 is 0 Å². The first-order valence-corrected chi connectivity index (χ1v) is 19.2. The fraction of sp³-hybridized carbons (Fsp3) is 0.118. The highest BCUT2D eigenvalue weighted by Gasteiger charge is 2.44. The monoisotopic (exact) mass is 693 g/mol. The van der Waals surface area contributed by atoms with E-state index in [1.807, 2.05) is 60.7 Å². The normalized spacial score (nSPS) is 14.1. The van der Waals surface area contributed by atoms with Gasteiger partial charge in [0.2, 0.25) is 0 Å². The van der Waals surface area contributed by atoms with Crippen LogP contribution in [0.2, 0.25) is 0 Å². The summed E-state index contributed by atoms with van der Waals surface area (Å²) in [4.78, 5) is 14.8. The third-order valence-corrected chi connectivity index (χ3v) is 11.5. The van der Waals surface area contributed by atoms with Crippen molar-refractivity contribution < 1.29 is 0 Å². The van der Waals surface area contributed by atoms with E-state index in [0.29, 0.717) is 17.5 Å². The summed E-state index contributed by atoms with van der Waals surface area (Å²) in [5.41, 5.74) is 16.2. The lowest BCUT2D eigenvalue weighted by Gasteiger charge is -2.36. The van der Waals surface area contributed by atoms with Crippen LogP contribution in [0.5, 0.6) is 0 Å². The van der Waals surface area contributed by atoms with E-state index in [1.165, 1.54) is 76.6 Å². The molecule has 0 saturated heterocycles. The highest BCUT2D eigenvalue weighted by Crippen LogP contribution is 2.57. The molecule has 1 fully saturated rings. The molecule has 0 N–H and O–H groups in total. The molecular formula is C51H39N3. The molecule has 0 unspecified atom stereocenters. The molecule has 3 heteroatoms. The van der Waals surface area contributed by atoms with E-state index in [0.717, 1.165) is 27.8 Å². The Hall–Kier alpha value is -6.45. The number of fused-ring (bicyclic) bond motifs is 5. The third kappa shape index (κ3) is 5.64. The van der Waals surface area contributed by atoms with Crippen molar-refractivity contribution in [3.63, 3.8) is 0 Å². The number of benzene rings is 7. The molecule has 1 aromatic heterocycles. The van der Waals surface area contributed by atoms with Gasteiger partial charge in [0.05, 0.1) is 0 Å². The number of hydrogen-bond donors (Lipinski definition) is 0. The van der Waals surface area contributed by atoms with Crippen molar-refractivity contribution in [1.82, 2.24) is 15.0 Å². The molecule has 2 aliphatic carbocycles. The predicted octanol–water partition coefficient (Wildman–Crippen LogP) is 13.1. The Morgan fingerprint density at radius 3 is 1.41 bits per heavy atom. The highest BCUT2D eigenvalue weighted by molar-refractivity contribution is 5.93. The summed E-state index contributed by atoms with van der Waals surface area (Å²) in [6.45, 7) is 0. The molecule has 2 aliphatic rings. The summed E-state index contributed by atoms with van der Waals surface area (Å²) in [6, 6.07) is 63.0. The summed E-state index contributed by atoms with van der Waals surface area (Å²) in [5, 5.41) is 0. The molecule has 10 rings (SSSR count). The zero-order chi connectivity index (χ0) is 35.9. The topological polar surface area (TPSA) is 38.7 Å². The number of rotatable bonds is 6. The van der Waals surface area contributed by atoms with Gasteiger partial charge in [0, 0.05) is 22.1 Å². The molecule has 54 heavy (non-hydrogen) atoms. The summed E-state index contributed by atoms with van der Waals surface area (Å²) in [7, 11) is 0. The maximum Gasteiger partial charge on any atom is 0.164 e. The molecule has 0 atom stereocenters. The molecular weight excluding hydrogens is 655 g/mol. The van der Waals surface area contributed by atoms with Crippen LogP contribution < -0.4 is 0 Å². The van der Waals surface area contributed by atoms with Crippen molar-refractivity contribution in [2.45, 2.75) is 37.5 Å². The lowest BCUT2D eigenvalue weighted by atomic mass is 9.68. The molecule has 1 heterocycles. The molecule has 0 amide bonds. The van der Waals surface area contributed by atoms with Crippen molar-refractivity contribution in [2.24, 2.45) is 0 Å². The van der Waals surface area contributed by atoms with E-state index in [-0.39, 0.29) is 5.41 Å². The van der Waals surface area contributed by atoms with Crippen LogP contribution in [0.15, 0.2) is 176 Å². The predicted molar refractivity (Wildman–Crippen MR) is 222 cm³/mol. The van der Waals surface area contributed by atoms with Gasteiger partial charge in [0.15, 0.2) is 17.5 Å². The largest absolute Gasteiger partial charge is 0.208 e. The summed E-state index contributed by atoms with van der Waals surface area (Å²) in [5.74, 6) is 1.97. The van der Waals surface area contributed by atoms with Crippen molar-refractivity contribution in [3.8, 4) is 78.7 Å². The van der Waals surface area contributed by atoms with E-state index in [9.17, 15) is 0 Å². The molecule has 0 aliphatic heterocycles. The van der Waals surface area contributed by atoms with Gasteiger partial charge in [-0.05, 0) is 80.6 Å². The zero-order valence-electron chi connectivity index (χ0n) is 30.1. The minimum absolute atomic E-state index is 0.162. The van der Waals surface area contributed by atoms with Crippen molar-refractivity contribution >= 4 is 0 Å². The maximum absolute atomic E-state index is 4.97. The smallest absolute Gasteiger partial charge is 0.164 e. The SMILES string of the molecule is c1ccc(-c2nc(-c3ccccc3)nc(-c3cccc(-c4cccc(-c5ccc(-c6cccc7c6-c6ccccc6C76CCCCC6)cc5)c4)c3)n2)cc1. The molecule has 3 nitrogen and oxygen atoms in total. The molecule has 7 aromatic carbocycles. The second-order valence-corrected chi connectivity index (χ2v) is 14.7. The van der Waals surface area contributed by atoms with Gasteiger partial charge in [-0.3, -0.25) is 0 Å². The second kappa shape index (κ2) is 13.5. The van der Waals surface area contributed by atoms with Crippen molar-refractivity contribution in [2.75, 3.05) is 0 Å². The van der Waals surface area contributed by atoms with Gasteiger partial charge in [-0.2, -0.15) is 0 Å². The Labute approximate surface area is 317 Å². The van der Waals surface area contributed by atoms with E-state index < -0.39 is 0 Å². The Morgan fingerprint density at radius 2 is 0.759 bits per heavy atom. The van der Waals surface area contributed by atoms with E-state index in [2.05, 4.69) is 115 Å².